The van der Waals surface area contributed by atoms with Crippen molar-refractivity contribution in [1.29, 1.82) is 0 Å². The Kier molecular flexibility index (Phi) is 9.18. The minimum absolute atomic E-state index is 0.0376. The van der Waals surface area contributed by atoms with Crippen LogP contribution in [-0.2, 0) is 23.4 Å². The number of ether oxygens (including phenoxy) is 3. The zero-order valence-electron chi connectivity index (χ0n) is 21.8. The Morgan fingerprint density at radius 2 is 1.73 bits per heavy atom. The van der Waals surface area contributed by atoms with Gasteiger partial charge in [0.2, 0.25) is 0 Å². The van der Waals surface area contributed by atoms with Crippen molar-refractivity contribution in [2.75, 3.05) is 0 Å². The van der Waals surface area contributed by atoms with Gasteiger partial charge in [-0.25, -0.2) is 0 Å². The molecule has 0 aliphatic carbocycles. The topological polar surface area (TPSA) is 123 Å². The average molecular weight is 486 g/mol. The molecule has 9 nitrogen and oxygen atoms in total. The van der Waals surface area contributed by atoms with Crippen molar-refractivity contribution >= 4 is 14.1 Å². The first-order valence-corrected chi connectivity index (χ1v) is 14.9. The summed E-state index contributed by atoms with van der Waals surface area (Å²) in [6.07, 6.45) is -3.39. The number of azide groups is 1. The maximum absolute atomic E-state index is 12.1. The van der Waals surface area contributed by atoms with E-state index in [1.165, 1.54) is 6.92 Å². The highest BCUT2D eigenvalue weighted by Crippen LogP contribution is 2.42. The third-order valence-corrected chi connectivity index (χ3v) is 12.3. The second-order valence-electron chi connectivity index (χ2n) is 11.2. The van der Waals surface area contributed by atoms with E-state index in [1.807, 2.05) is 27.7 Å². The summed E-state index contributed by atoms with van der Waals surface area (Å²) in [6.45, 7) is 19.9. The average Bonchev–Trinajstić information content (AvgIpc) is 2.71. The highest BCUT2D eigenvalue weighted by molar-refractivity contribution is 6.74. The van der Waals surface area contributed by atoms with Crippen LogP contribution in [0.4, 0.5) is 0 Å². The summed E-state index contributed by atoms with van der Waals surface area (Å²) in [5.41, 5.74) is 9.26. The Balaban J connectivity index is 2.30. The summed E-state index contributed by atoms with van der Waals surface area (Å²) in [5, 5.41) is 14.8. The summed E-state index contributed by atoms with van der Waals surface area (Å²) >= 11 is 0. The molecule has 0 aromatic heterocycles. The molecule has 4 unspecified atom stereocenters. The number of rotatable bonds is 7. The summed E-state index contributed by atoms with van der Waals surface area (Å²) in [4.78, 5) is 15.2. The maximum atomic E-state index is 12.1. The van der Waals surface area contributed by atoms with Gasteiger partial charge >= 0.3 is 0 Å². The lowest BCUT2D eigenvalue weighted by atomic mass is 9.82. The Labute approximate surface area is 199 Å². The van der Waals surface area contributed by atoms with Gasteiger partial charge in [0.15, 0.2) is 26.7 Å². The number of aliphatic hydroxyl groups excluding tert-OH is 1. The number of ketones is 1. The summed E-state index contributed by atoms with van der Waals surface area (Å²) < 4.78 is 25.1. The van der Waals surface area contributed by atoms with Gasteiger partial charge in [-0.3, -0.25) is 4.79 Å². The predicted octanol–water partition coefficient (Wildman–Crippen LogP) is 4.79. The maximum Gasteiger partial charge on any atom is 0.195 e. The first-order valence-electron chi connectivity index (χ1n) is 12.0. The van der Waals surface area contributed by atoms with Crippen molar-refractivity contribution in [1.82, 2.24) is 0 Å². The molecule has 0 aromatic rings. The van der Waals surface area contributed by atoms with Crippen molar-refractivity contribution in [3.8, 4) is 0 Å². The lowest BCUT2D eigenvalue weighted by Gasteiger charge is -2.50. The van der Waals surface area contributed by atoms with E-state index in [0.29, 0.717) is 6.42 Å². The summed E-state index contributed by atoms with van der Waals surface area (Å²) in [5.74, 6) is -0.655. The van der Waals surface area contributed by atoms with Gasteiger partial charge in [0.05, 0.1) is 18.2 Å². The van der Waals surface area contributed by atoms with E-state index in [1.54, 1.807) is 0 Å². The molecular weight excluding hydrogens is 442 g/mol. The Morgan fingerprint density at radius 3 is 2.21 bits per heavy atom. The molecule has 2 fully saturated rings. The van der Waals surface area contributed by atoms with Crippen LogP contribution < -0.4 is 0 Å². The normalized spacial score (nSPS) is 40.2. The Bertz CT molecular complexity index is 738. The third-order valence-electron chi connectivity index (χ3n) is 7.91. The highest BCUT2D eigenvalue weighted by atomic mass is 28.4. The third kappa shape index (κ3) is 5.98. The Morgan fingerprint density at radius 1 is 1.12 bits per heavy atom. The molecule has 0 spiro atoms. The van der Waals surface area contributed by atoms with E-state index in [-0.39, 0.29) is 34.7 Å². The molecule has 2 heterocycles. The van der Waals surface area contributed by atoms with Gasteiger partial charge in [0.25, 0.3) is 0 Å². The van der Waals surface area contributed by atoms with Crippen LogP contribution in [0.3, 0.4) is 0 Å². The molecule has 1 N–H and O–H groups in total. The number of Topliss-reactive ketones (excluding diaryl/α,β-unsaturated/α-hetero) is 1. The molecule has 0 aromatic carbocycles. The molecule has 10 heteroatoms. The number of carbonyl (C=O) groups excluding carboxylic acids is 1. The van der Waals surface area contributed by atoms with Crippen molar-refractivity contribution in [2.45, 2.75) is 123 Å². The molecule has 2 aliphatic rings. The monoisotopic (exact) mass is 485 g/mol. The molecule has 0 bridgehead atoms. The summed E-state index contributed by atoms with van der Waals surface area (Å²) in [7, 11) is -2.20. The van der Waals surface area contributed by atoms with Crippen LogP contribution >= 0.6 is 0 Å². The first-order chi connectivity index (χ1) is 15.2. The zero-order valence-corrected chi connectivity index (χ0v) is 22.8. The van der Waals surface area contributed by atoms with Crippen LogP contribution in [0.15, 0.2) is 5.11 Å². The second-order valence-corrected chi connectivity index (χ2v) is 16.0. The van der Waals surface area contributed by atoms with Crippen molar-refractivity contribution in [3.63, 3.8) is 0 Å². The Hall–Kier alpha value is -1.00. The molecule has 190 valence electrons. The molecule has 2 saturated heterocycles. The minimum Gasteiger partial charge on any atom is -0.392 e. The fraction of sp³-hybridized carbons (Fsp3) is 0.957. The van der Waals surface area contributed by atoms with Gasteiger partial charge in [-0.2, -0.15) is 0 Å². The molecule has 2 rings (SSSR count). The first kappa shape index (κ1) is 28.2. The van der Waals surface area contributed by atoms with Gasteiger partial charge in [-0.15, -0.1) is 0 Å². The van der Waals surface area contributed by atoms with Crippen LogP contribution in [0.1, 0.15) is 61.8 Å². The largest absolute Gasteiger partial charge is 0.392 e. The number of carbonyl (C=O) groups is 1. The minimum atomic E-state index is -2.20. The van der Waals surface area contributed by atoms with Gasteiger partial charge in [-0.05, 0) is 54.8 Å². The van der Waals surface area contributed by atoms with Crippen LogP contribution in [0.25, 0.3) is 10.4 Å². The van der Waals surface area contributed by atoms with Crippen LogP contribution in [0, 0.1) is 17.8 Å². The van der Waals surface area contributed by atoms with E-state index >= 15 is 0 Å². The second kappa shape index (κ2) is 10.7. The van der Waals surface area contributed by atoms with Gasteiger partial charge in [0.1, 0.15) is 12.2 Å². The lowest BCUT2D eigenvalue weighted by molar-refractivity contribution is -0.315. The number of aliphatic hydroxyl groups is 1. The van der Waals surface area contributed by atoms with Gasteiger partial charge in [-0.1, -0.05) is 53.6 Å². The van der Waals surface area contributed by atoms with E-state index in [0.717, 1.165) is 0 Å². The molecular formula is C23H43N3O6Si. The number of nitrogens with zero attached hydrogens (tertiary/aromatic N) is 3. The van der Waals surface area contributed by atoms with E-state index < -0.39 is 45.3 Å². The predicted molar refractivity (Wildman–Crippen MR) is 128 cm³/mol. The van der Waals surface area contributed by atoms with Crippen molar-refractivity contribution in [3.05, 3.63) is 10.4 Å². The van der Waals surface area contributed by atoms with E-state index in [4.69, 9.17) is 18.6 Å². The summed E-state index contributed by atoms with van der Waals surface area (Å²) in [6, 6.07) is -0.599. The van der Waals surface area contributed by atoms with Crippen molar-refractivity contribution < 1.29 is 28.5 Å². The fourth-order valence-electron chi connectivity index (χ4n) is 4.35. The van der Waals surface area contributed by atoms with E-state index in [9.17, 15) is 15.4 Å². The number of hydrogen-bond acceptors (Lipinski definition) is 7. The quantitative estimate of drug-likeness (QED) is 0.239. The highest BCUT2D eigenvalue weighted by Gasteiger charge is 2.51. The fourth-order valence-corrected chi connectivity index (χ4v) is 5.48. The van der Waals surface area contributed by atoms with Gasteiger partial charge < -0.3 is 23.7 Å². The van der Waals surface area contributed by atoms with Crippen LogP contribution in [0.2, 0.25) is 18.1 Å². The SMILES string of the molecule is CCC1O[C@@H](O[Si](C)(C)C(C)(C)C)C(N=[N+]=[N-])[C@@H](C)[C@H]1O[C@@H]1OC(C(C)=O)[C@H](C)[C@H](C)C1O. The lowest BCUT2D eigenvalue weighted by Crippen LogP contribution is -2.60. The molecule has 0 saturated carbocycles. The van der Waals surface area contributed by atoms with Gasteiger partial charge in [0, 0.05) is 4.91 Å². The smallest absolute Gasteiger partial charge is 0.195 e. The molecule has 10 atom stereocenters. The molecule has 33 heavy (non-hydrogen) atoms. The standard InChI is InChI=1S/C23H43N3O6Si/c1-11-16-20(31-22-18(28)12(2)13(3)19(30-22)15(5)27)14(4)17(25-26-24)21(29-16)32-33(9,10)23(6,7)8/h12-14,16-22,28H,11H2,1-10H3/t12-,13+,14+,16?,17?,18?,19?,20+,21-,22-/m0/s1. The molecule has 0 radical (unpaired) electrons. The van der Waals surface area contributed by atoms with Crippen molar-refractivity contribution in [2.24, 2.45) is 22.9 Å². The number of hydrogen-bond donors (Lipinski definition) is 1. The molecule has 0 amide bonds. The van der Waals surface area contributed by atoms with E-state index in [2.05, 4.69) is 43.9 Å². The van der Waals surface area contributed by atoms with Crippen LogP contribution in [-0.4, -0.2) is 62.2 Å². The van der Waals surface area contributed by atoms with Crippen LogP contribution in [0.5, 0.6) is 0 Å². The molecule has 2 aliphatic heterocycles. The zero-order chi connectivity index (χ0) is 25.3.